The van der Waals surface area contributed by atoms with Gasteiger partial charge in [0.1, 0.15) is 0 Å². The average molecular weight is 277 g/mol. The SMILES string of the molecule is O=C(c1ccc[nH]1)C(O)(c1ccccc1)c1ccccc1. The highest BCUT2D eigenvalue weighted by Gasteiger charge is 2.40. The van der Waals surface area contributed by atoms with Crippen molar-refractivity contribution < 1.29 is 9.90 Å². The number of carbonyl (C=O) groups excluding carboxylic acids is 1. The second kappa shape index (κ2) is 5.38. The van der Waals surface area contributed by atoms with Crippen molar-refractivity contribution in [3.8, 4) is 0 Å². The Morgan fingerprint density at radius 2 is 1.33 bits per heavy atom. The fourth-order valence-corrected chi connectivity index (χ4v) is 2.45. The number of rotatable bonds is 4. The smallest absolute Gasteiger partial charge is 0.219 e. The van der Waals surface area contributed by atoms with E-state index in [1.165, 1.54) is 0 Å². The zero-order valence-corrected chi connectivity index (χ0v) is 11.4. The summed E-state index contributed by atoms with van der Waals surface area (Å²) < 4.78 is 0. The summed E-state index contributed by atoms with van der Waals surface area (Å²) in [6.45, 7) is 0. The van der Waals surface area contributed by atoms with Crippen LogP contribution in [0.3, 0.4) is 0 Å². The Bertz CT molecular complexity index is 679. The third-order valence-corrected chi connectivity index (χ3v) is 3.55. The normalized spacial score (nSPS) is 11.3. The van der Waals surface area contributed by atoms with Crippen LogP contribution in [0.5, 0.6) is 0 Å². The van der Waals surface area contributed by atoms with Crippen molar-refractivity contribution in [2.75, 3.05) is 0 Å². The molecule has 0 aliphatic rings. The van der Waals surface area contributed by atoms with Gasteiger partial charge >= 0.3 is 0 Å². The molecular weight excluding hydrogens is 262 g/mol. The van der Waals surface area contributed by atoms with Gasteiger partial charge in [-0.1, -0.05) is 60.7 Å². The number of H-pyrrole nitrogens is 1. The lowest BCUT2D eigenvalue weighted by Crippen LogP contribution is -2.37. The predicted octanol–water partition coefficient (Wildman–Crippen LogP) is 3.13. The van der Waals surface area contributed by atoms with Gasteiger partial charge in [-0.15, -0.1) is 0 Å². The Morgan fingerprint density at radius 3 is 1.76 bits per heavy atom. The summed E-state index contributed by atoms with van der Waals surface area (Å²) in [5.74, 6) is -0.370. The van der Waals surface area contributed by atoms with E-state index in [0.29, 0.717) is 16.8 Å². The number of carbonyl (C=O) groups is 1. The molecule has 0 saturated carbocycles. The average Bonchev–Trinajstić information content (AvgIpc) is 3.09. The first-order valence-corrected chi connectivity index (χ1v) is 6.74. The van der Waals surface area contributed by atoms with E-state index in [-0.39, 0.29) is 5.78 Å². The third kappa shape index (κ3) is 2.28. The fraction of sp³-hybridized carbons (Fsp3) is 0.0556. The molecule has 2 N–H and O–H groups in total. The van der Waals surface area contributed by atoms with Gasteiger partial charge in [0, 0.05) is 6.20 Å². The van der Waals surface area contributed by atoms with E-state index in [2.05, 4.69) is 4.98 Å². The summed E-state index contributed by atoms with van der Waals surface area (Å²) in [6.07, 6.45) is 1.67. The molecular formula is C18H15NO2. The minimum Gasteiger partial charge on any atom is -0.373 e. The molecule has 0 aliphatic heterocycles. The molecule has 0 saturated heterocycles. The van der Waals surface area contributed by atoms with Crippen LogP contribution < -0.4 is 0 Å². The predicted molar refractivity (Wildman–Crippen MR) is 81.0 cm³/mol. The number of hydrogen-bond acceptors (Lipinski definition) is 2. The highest BCUT2D eigenvalue weighted by atomic mass is 16.3. The van der Waals surface area contributed by atoms with Crippen LogP contribution in [-0.4, -0.2) is 15.9 Å². The summed E-state index contributed by atoms with van der Waals surface area (Å²) in [7, 11) is 0. The van der Waals surface area contributed by atoms with Gasteiger partial charge in [-0.3, -0.25) is 4.79 Å². The molecule has 3 heteroatoms. The monoisotopic (exact) mass is 277 g/mol. The van der Waals surface area contributed by atoms with Crippen LogP contribution in [-0.2, 0) is 5.60 Å². The summed E-state index contributed by atoms with van der Waals surface area (Å²) >= 11 is 0. The van der Waals surface area contributed by atoms with Crippen LogP contribution >= 0.6 is 0 Å². The zero-order valence-electron chi connectivity index (χ0n) is 11.4. The second-order valence-electron chi connectivity index (χ2n) is 4.86. The Balaban J connectivity index is 2.18. The van der Waals surface area contributed by atoms with Gasteiger partial charge in [-0.2, -0.15) is 0 Å². The third-order valence-electron chi connectivity index (χ3n) is 3.55. The van der Waals surface area contributed by atoms with Crippen molar-refractivity contribution in [3.63, 3.8) is 0 Å². The Hall–Kier alpha value is -2.65. The molecule has 0 fully saturated rings. The van der Waals surface area contributed by atoms with E-state index in [4.69, 9.17) is 0 Å². The first kappa shape index (κ1) is 13.3. The molecule has 2 aromatic carbocycles. The molecule has 104 valence electrons. The molecule has 0 unspecified atom stereocenters. The number of aromatic amines is 1. The largest absolute Gasteiger partial charge is 0.373 e. The van der Waals surface area contributed by atoms with E-state index >= 15 is 0 Å². The topological polar surface area (TPSA) is 53.1 Å². The lowest BCUT2D eigenvalue weighted by molar-refractivity contribution is 0.0483. The van der Waals surface area contributed by atoms with Crippen molar-refractivity contribution in [2.45, 2.75) is 5.60 Å². The van der Waals surface area contributed by atoms with Crippen molar-refractivity contribution in [2.24, 2.45) is 0 Å². The zero-order chi connectivity index (χ0) is 14.7. The van der Waals surface area contributed by atoms with E-state index in [0.717, 1.165) is 0 Å². The lowest BCUT2D eigenvalue weighted by Gasteiger charge is -2.27. The van der Waals surface area contributed by atoms with E-state index in [9.17, 15) is 9.90 Å². The van der Waals surface area contributed by atoms with Gasteiger partial charge in [0.25, 0.3) is 0 Å². The molecule has 0 atom stereocenters. The van der Waals surface area contributed by atoms with Gasteiger partial charge in [-0.25, -0.2) is 0 Å². The van der Waals surface area contributed by atoms with Crippen molar-refractivity contribution in [1.29, 1.82) is 0 Å². The van der Waals surface area contributed by atoms with Gasteiger partial charge in [0.2, 0.25) is 5.78 Å². The Kier molecular flexibility index (Phi) is 3.42. The van der Waals surface area contributed by atoms with E-state index in [1.54, 1.807) is 42.6 Å². The maximum Gasteiger partial charge on any atom is 0.219 e. The van der Waals surface area contributed by atoms with Crippen LogP contribution in [0.2, 0.25) is 0 Å². The van der Waals surface area contributed by atoms with Gasteiger partial charge in [0.05, 0.1) is 5.69 Å². The maximum absolute atomic E-state index is 12.8. The number of Topliss-reactive ketones (excluding diaryl/α,β-unsaturated/α-hetero) is 1. The number of ketones is 1. The van der Waals surface area contributed by atoms with Crippen molar-refractivity contribution in [3.05, 3.63) is 95.8 Å². The van der Waals surface area contributed by atoms with E-state index in [1.807, 2.05) is 36.4 Å². The Morgan fingerprint density at radius 1 is 0.810 bits per heavy atom. The maximum atomic E-state index is 12.8. The van der Waals surface area contributed by atoms with E-state index < -0.39 is 5.60 Å². The summed E-state index contributed by atoms with van der Waals surface area (Å²) in [5, 5.41) is 11.2. The van der Waals surface area contributed by atoms with Crippen LogP contribution in [0.1, 0.15) is 21.6 Å². The molecule has 0 radical (unpaired) electrons. The summed E-state index contributed by atoms with van der Waals surface area (Å²) in [5.41, 5.74) is -0.218. The molecule has 1 heterocycles. The highest BCUT2D eigenvalue weighted by molar-refractivity contribution is 6.03. The molecule has 0 bridgehead atoms. The van der Waals surface area contributed by atoms with Crippen LogP contribution in [0, 0.1) is 0 Å². The lowest BCUT2D eigenvalue weighted by atomic mass is 9.81. The van der Waals surface area contributed by atoms with Crippen LogP contribution in [0.4, 0.5) is 0 Å². The molecule has 0 spiro atoms. The van der Waals surface area contributed by atoms with Crippen molar-refractivity contribution in [1.82, 2.24) is 4.98 Å². The summed E-state index contributed by atoms with van der Waals surface area (Å²) in [6, 6.07) is 21.4. The first-order chi connectivity index (χ1) is 10.2. The minimum absolute atomic E-state index is 0.370. The molecule has 1 aromatic heterocycles. The standard InChI is InChI=1S/C18H15NO2/c20-17(16-12-7-13-19-16)18(21,14-8-3-1-4-9-14)15-10-5-2-6-11-15/h1-13,19,21H. The number of nitrogens with one attached hydrogen (secondary N) is 1. The molecule has 21 heavy (non-hydrogen) atoms. The summed E-state index contributed by atoms with van der Waals surface area (Å²) in [4.78, 5) is 15.7. The molecule has 0 amide bonds. The quantitative estimate of drug-likeness (QED) is 0.720. The van der Waals surface area contributed by atoms with Crippen molar-refractivity contribution >= 4 is 5.78 Å². The highest BCUT2D eigenvalue weighted by Crippen LogP contribution is 2.32. The number of benzene rings is 2. The molecule has 3 aromatic rings. The fourth-order valence-electron chi connectivity index (χ4n) is 2.45. The second-order valence-corrected chi connectivity index (χ2v) is 4.86. The molecule has 3 nitrogen and oxygen atoms in total. The van der Waals surface area contributed by atoms with Crippen LogP contribution in [0.25, 0.3) is 0 Å². The van der Waals surface area contributed by atoms with Gasteiger partial charge in [-0.05, 0) is 23.3 Å². The van der Waals surface area contributed by atoms with Crippen LogP contribution in [0.15, 0.2) is 79.0 Å². The number of aliphatic hydroxyl groups is 1. The number of aromatic nitrogens is 1. The minimum atomic E-state index is -1.70. The molecule has 3 rings (SSSR count). The molecule has 0 aliphatic carbocycles. The van der Waals surface area contributed by atoms with Gasteiger partial charge in [0.15, 0.2) is 5.60 Å². The van der Waals surface area contributed by atoms with Gasteiger partial charge < -0.3 is 10.1 Å². The Labute approximate surface area is 122 Å². The number of hydrogen-bond donors (Lipinski definition) is 2. The first-order valence-electron chi connectivity index (χ1n) is 6.74.